The van der Waals surface area contributed by atoms with Gasteiger partial charge in [0.15, 0.2) is 0 Å². The zero-order valence-electron chi connectivity index (χ0n) is 11.1. The fraction of sp³-hybridized carbons (Fsp3) is 0.188. The molecule has 0 unspecified atom stereocenters. The Morgan fingerprint density at radius 3 is 2.75 bits per heavy atom. The van der Waals surface area contributed by atoms with Gasteiger partial charge in [0, 0.05) is 5.56 Å². The zero-order chi connectivity index (χ0) is 14.5. The van der Waals surface area contributed by atoms with Crippen molar-refractivity contribution >= 4 is 0 Å². The van der Waals surface area contributed by atoms with Crippen LogP contribution in [0.3, 0.4) is 0 Å². The molecule has 0 spiro atoms. The molecule has 4 heteroatoms. The lowest BCUT2D eigenvalue weighted by atomic mass is 10.1. The molecule has 0 bridgehead atoms. The van der Waals surface area contributed by atoms with E-state index >= 15 is 0 Å². The lowest BCUT2D eigenvalue weighted by Gasteiger charge is -2.11. The van der Waals surface area contributed by atoms with Gasteiger partial charge in [-0.15, -0.1) is 0 Å². The molecule has 3 nitrogen and oxygen atoms in total. The zero-order valence-corrected chi connectivity index (χ0v) is 11.1. The quantitative estimate of drug-likeness (QED) is 0.929. The molecule has 0 aliphatic heterocycles. The molecule has 0 fully saturated rings. The van der Waals surface area contributed by atoms with E-state index in [0.29, 0.717) is 16.9 Å². The van der Waals surface area contributed by atoms with Crippen LogP contribution in [-0.4, -0.2) is 5.11 Å². The van der Waals surface area contributed by atoms with Gasteiger partial charge in [0.1, 0.15) is 18.2 Å². The van der Waals surface area contributed by atoms with Crippen molar-refractivity contribution in [2.45, 2.75) is 20.1 Å². The summed E-state index contributed by atoms with van der Waals surface area (Å²) < 4.78 is 18.9. The number of hydrogen-bond acceptors (Lipinski definition) is 3. The van der Waals surface area contributed by atoms with Crippen LogP contribution in [0.4, 0.5) is 4.39 Å². The van der Waals surface area contributed by atoms with Crippen LogP contribution in [0.2, 0.25) is 0 Å². The first-order valence-electron chi connectivity index (χ1n) is 6.15. The van der Waals surface area contributed by atoms with Crippen LogP contribution in [0.15, 0.2) is 36.4 Å². The van der Waals surface area contributed by atoms with Crippen molar-refractivity contribution in [3.63, 3.8) is 0 Å². The molecule has 0 radical (unpaired) electrons. The number of ether oxygens (including phenoxy) is 1. The maximum absolute atomic E-state index is 13.3. The second-order valence-corrected chi connectivity index (χ2v) is 4.52. The summed E-state index contributed by atoms with van der Waals surface area (Å²) in [5.74, 6) is 0.0924. The van der Waals surface area contributed by atoms with Crippen LogP contribution < -0.4 is 4.74 Å². The van der Waals surface area contributed by atoms with Gasteiger partial charge in [0.2, 0.25) is 0 Å². The number of benzene rings is 2. The molecule has 0 saturated heterocycles. The number of nitrogens with zero attached hydrogens (tertiary/aromatic N) is 1. The molecule has 0 heterocycles. The van der Waals surface area contributed by atoms with Gasteiger partial charge in [-0.1, -0.05) is 17.7 Å². The predicted octanol–water partition coefficient (Wildman–Crippen LogP) is 3.08. The van der Waals surface area contributed by atoms with Crippen molar-refractivity contribution in [1.82, 2.24) is 0 Å². The Labute approximate surface area is 116 Å². The number of nitriles is 1. The summed E-state index contributed by atoms with van der Waals surface area (Å²) in [6, 6.07) is 11.5. The molecule has 0 aliphatic carbocycles. The second-order valence-electron chi connectivity index (χ2n) is 4.52. The summed E-state index contributed by atoms with van der Waals surface area (Å²) >= 11 is 0. The molecule has 0 amide bonds. The van der Waals surface area contributed by atoms with Crippen molar-refractivity contribution in [1.29, 1.82) is 5.26 Å². The monoisotopic (exact) mass is 271 g/mol. The number of aliphatic hydroxyl groups is 1. The lowest BCUT2D eigenvalue weighted by molar-refractivity contribution is 0.258. The summed E-state index contributed by atoms with van der Waals surface area (Å²) in [6.07, 6.45) is 0. The van der Waals surface area contributed by atoms with E-state index in [9.17, 15) is 9.50 Å². The molecule has 2 rings (SSSR count). The van der Waals surface area contributed by atoms with Gasteiger partial charge < -0.3 is 9.84 Å². The van der Waals surface area contributed by atoms with Crippen molar-refractivity contribution in [2.75, 3.05) is 0 Å². The highest BCUT2D eigenvalue weighted by molar-refractivity contribution is 5.37. The molecule has 102 valence electrons. The summed E-state index contributed by atoms with van der Waals surface area (Å²) in [5.41, 5.74) is 2.54. The van der Waals surface area contributed by atoms with Crippen molar-refractivity contribution in [3.8, 4) is 11.8 Å². The summed E-state index contributed by atoms with van der Waals surface area (Å²) in [6.45, 7) is 1.95. The van der Waals surface area contributed by atoms with Gasteiger partial charge in [-0.3, -0.25) is 0 Å². The normalized spacial score (nSPS) is 10.1. The first-order chi connectivity index (χ1) is 9.62. The van der Waals surface area contributed by atoms with Gasteiger partial charge in [-0.2, -0.15) is 5.26 Å². The minimum absolute atomic E-state index is 0.121. The predicted molar refractivity (Wildman–Crippen MR) is 72.5 cm³/mol. The Kier molecular flexibility index (Phi) is 4.34. The highest BCUT2D eigenvalue weighted by Gasteiger charge is 2.05. The maximum atomic E-state index is 13.3. The van der Waals surface area contributed by atoms with E-state index in [1.165, 1.54) is 12.1 Å². The third kappa shape index (κ3) is 3.34. The Morgan fingerprint density at radius 2 is 2.05 bits per heavy atom. The molecular formula is C16H14FNO2. The van der Waals surface area contributed by atoms with Gasteiger partial charge in [0.05, 0.1) is 18.2 Å². The Balaban J connectivity index is 2.17. The maximum Gasteiger partial charge on any atom is 0.125 e. The van der Waals surface area contributed by atoms with Gasteiger partial charge in [-0.05, 0) is 36.8 Å². The lowest BCUT2D eigenvalue weighted by Crippen LogP contribution is -2.00. The number of hydrogen-bond donors (Lipinski definition) is 1. The van der Waals surface area contributed by atoms with E-state index in [-0.39, 0.29) is 18.8 Å². The third-order valence-electron chi connectivity index (χ3n) is 2.87. The van der Waals surface area contributed by atoms with Crippen LogP contribution in [0.25, 0.3) is 0 Å². The average molecular weight is 271 g/mol. The number of aryl methyl sites for hydroxylation is 1. The minimum Gasteiger partial charge on any atom is -0.489 e. The van der Waals surface area contributed by atoms with Crippen molar-refractivity contribution < 1.29 is 14.2 Å². The second kappa shape index (κ2) is 6.18. The minimum atomic E-state index is -0.464. The standard InChI is InChI=1S/C16H14FNO2/c1-11-2-3-16(14(4-11)9-19)20-10-13-5-12(8-18)6-15(17)7-13/h2-7,19H,9-10H2,1H3. The fourth-order valence-electron chi connectivity index (χ4n) is 1.93. The highest BCUT2D eigenvalue weighted by atomic mass is 19.1. The topological polar surface area (TPSA) is 53.2 Å². The Hall–Kier alpha value is -2.38. The molecule has 0 aromatic heterocycles. The smallest absolute Gasteiger partial charge is 0.125 e. The first-order valence-corrected chi connectivity index (χ1v) is 6.15. The van der Waals surface area contributed by atoms with E-state index in [4.69, 9.17) is 10.00 Å². The summed E-state index contributed by atoms with van der Waals surface area (Å²) in [4.78, 5) is 0. The molecule has 20 heavy (non-hydrogen) atoms. The SMILES string of the molecule is Cc1ccc(OCc2cc(F)cc(C#N)c2)c(CO)c1. The highest BCUT2D eigenvalue weighted by Crippen LogP contribution is 2.21. The molecule has 0 atom stereocenters. The van der Waals surface area contributed by atoms with E-state index < -0.39 is 5.82 Å². The molecule has 0 aliphatic rings. The molecule has 2 aromatic rings. The van der Waals surface area contributed by atoms with Crippen LogP contribution in [-0.2, 0) is 13.2 Å². The van der Waals surface area contributed by atoms with Crippen molar-refractivity contribution in [3.05, 3.63) is 64.5 Å². The van der Waals surface area contributed by atoms with E-state index in [0.717, 1.165) is 5.56 Å². The van der Waals surface area contributed by atoms with Gasteiger partial charge in [-0.25, -0.2) is 4.39 Å². The molecule has 1 N–H and O–H groups in total. The molecule has 0 saturated carbocycles. The largest absolute Gasteiger partial charge is 0.489 e. The average Bonchev–Trinajstić information content (AvgIpc) is 2.45. The third-order valence-corrected chi connectivity index (χ3v) is 2.87. The van der Waals surface area contributed by atoms with E-state index in [1.54, 1.807) is 12.1 Å². The number of halogens is 1. The Bertz CT molecular complexity index is 662. The van der Waals surface area contributed by atoms with Crippen LogP contribution in [0, 0.1) is 24.1 Å². The molecule has 2 aromatic carbocycles. The van der Waals surface area contributed by atoms with Gasteiger partial charge >= 0.3 is 0 Å². The van der Waals surface area contributed by atoms with Crippen LogP contribution >= 0.6 is 0 Å². The van der Waals surface area contributed by atoms with Gasteiger partial charge in [0.25, 0.3) is 0 Å². The summed E-state index contributed by atoms with van der Waals surface area (Å²) in [7, 11) is 0. The van der Waals surface area contributed by atoms with E-state index in [1.807, 2.05) is 25.1 Å². The first kappa shape index (κ1) is 14.0. The van der Waals surface area contributed by atoms with E-state index in [2.05, 4.69) is 0 Å². The Morgan fingerprint density at radius 1 is 1.25 bits per heavy atom. The fourth-order valence-corrected chi connectivity index (χ4v) is 1.93. The number of rotatable bonds is 4. The summed E-state index contributed by atoms with van der Waals surface area (Å²) in [5, 5.41) is 18.1. The van der Waals surface area contributed by atoms with Crippen molar-refractivity contribution in [2.24, 2.45) is 0 Å². The molecular weight excluding hydrogens is 257 g/mol. The van der Waals surface area contributed by atoms with Crippen LogP contribution in [0.1, 0.15) is 22.3 Å². The number of aliphatic hydroxyl groups excluding tert-OH is 1. The van der Waals surface area contributed by atoms with Crippen LogP contribution in [0.5, 0.6) is 5.75 Å².